The van der Waals surface area contributed by atoms with Crippen LogP contribution in [0.4, 0.5) is 0 Å². The standard InChI is InChI=1S/C14H18O3/c1-14(2,13(16)17)10-6-7-11-9(8-10)4-3-5-12(11)15/h3-5,10,15H,6-8H2,1-2H3,(H,16,17). The van der Waals surface area contributed by atoms with Gasteiger partial charge in [0.1, 0.15) is 5.75 Å². The zero-order valence-corrected chi connectivity index (χ0v) is 10.2. The van der Waals surface area contributed by atoms with Crippen LogP contribution in [-0.2, 0) is 17.6 Å². The maximum atomic E-state index is 11.2. The topological polar surface area (TPSA) is 57.5 Å². The van der Waals surface area contributed by atoms with Gasteiger partial charge in [-0.3, -0.25) is 4.79 Å². The van der Waals surface area contributed by atoms with Gasteiger partial charge in [0.05, 0.1) is 5.41 Å². The summed E-state index contributed by atoms with van der Waals surface area (Å²) in [6.45, 7) is 3.57. The molecule has 3 nitrogen and oxygen atoms in total. The highest BCUT2D eigenvalue weighted by atomic mass is 16.4. The molecule has 1 unspecified atom stereocenters. The second-order valence-corrected chi connectivity index (χ2v) is 5.38. The first kappa shape index (κ1) is 12.0. The van der Waals surface area contributed by atoms with Gasteiger partial charge in [0.15, 0.2) is 0 Å². The van der Waals surface area contributed by atoms with E-state index in [-0.39, 0.29) is 5.92 Å². The number of carboxylic acid groups (broad SMARTS) is 1. The number of phenols is 1. The largest absolute Gasteiger partial charge is 0.508 e. The third-order valence-corrected chi connectivity index (χ3v) is 4.03. The van der Waals surface area contributed by atoms with E-state index in [1.165, 1.54) is 0 Å². The zero-order chi connectivity index (χ0) is 12.6. The molecule has 1 atom stereocenters. The maximum Gasteiger partial charge on any atom is 0.309 e. The van der Waals surface area contributed by atoms with Crippen molar-refractivity contribution in [1.29, 1.82) is 0 Å². The number of hydrogen-bond acceptors (Lipinski definition) is 2. The molecule has 0 spiro atoms. The lowest BCUT2D eigenvalue weighted by atomic mass is 9.69. The molecule has 0 aromatic heterocycles. The summed E-state index contributed by atoms with van der Waals surface area (Å²) in [7, 11) is 0. The second kappa shape index (κ2) is 4.06. The Morgan fingerprint density at radius 3 is 2.76 bits per heavy atom. The number of hydrogen-bond donors (Lipinski definition) is 2. The summed E-state index contributed by atoms with van der Waals surface area (Å²) in [6, 6.07) is 5.50. The Bertz CT molecular complexity index is 449. The highest BCUT2D eigenvalue weighted by molar-refractivity contribution is 5.74. The van der Waals surface area contributed by atoms with Crippen LogP contribution in [0, 0.1) is 11.3 Å². The summed E-state index contributed by atoms with van der Waals surface area (Å²) < 4.78 is 0. The van der Waals surface area contributed by atoms with Crippen LogP contribution in [0.15, 0.2) is 18.2 Å². The molecular weight excluding hydrogens is 216 g/mol. The van der Waals surface area contributed by atoms with Crippen LogP contribution in [0.2, 0.25) is 0 Å². The molecule has 0 amide bonds. The number of benzene rings is 1. The number of carbonyl (C=O) groups is 1. The van der Waals surface area contributed by atoms with Gasteiger partial charge in [0, 0.05) is 0 Å². The van der Waals surface area contributed by atoms with Crippen molar-refractivity contribution in [3.63, 3.8) is 0 Å². The molecule has 0 aliphatic heterocycles. The summed E-state index contributed by atoms with van der Waals surface area (Å²) in [4.78, 5) is 11.2. The average Bonchev–Trinajstić information content (AvgIpc) is 2.28. The van der Waals surface area contributed by atoms with Gasteiger partial charge in [0.2, 0.25) is 0 Å². The molecule has 17 heavy (non-hydrogen) atoms. The Hall–Kier alpha value is -1.51. The fourth-order valence-corrected chi connectivity index (χ4v) is 2.58. The quantitative estimate of drug-likeness (QED) is 0.827. The van der Waals surface area contributed by atoms with Crippen LogP contribution in [0.25, 0.3) is 0 Å². The van der Waals surface area contributed by atoms with Crippen molar-refractivity contribution in [2.45, 2.75) is 33.1 Å². The Labute approximate surface area is 101 Å². The van der Waals surface area contributed by atoms with Gasteiger partial charge in [-0.1, -0.05) is 12.1 Å². The number of aliphatic carboxylic acids is 1. The van der Waals surface area contributed by atoms with Crippen LogP contribution in [-0.4, -0.2) is 16.2 Å². The highest BCUT2D eigenvalue weighted by Gasteiger charge is 2.38. The van der Waals surface area contributed by atoms with Crippen LogP contribution < -0.4 is 0 Å². The Balaban J connectivity index is 2.28. The molecule has 1 aliphatic carbocycles. The predicted octanol–water partition coefficient (Wildman–Crippen LogP) is 2.61. The molecule has 0 radical (unpaired) electrons. The number of rotatable bonds is 2. The van der Waals surface area contributed by atoms with E-state index < -0.39 is 11.4 Å². The number of phenolic OH excluding ortho intramolecular Hbond substituents is 1. The van der Waals surface area contributed by atoms with Crippen molar-refractivity contribution >= 4 is 5.97 Å². The van der Waals surface area contributed by atoms with E-state index in [1.54, 1.807) is 19.9 Å². The molecule has 0 bridgehead atoms. The molecule has 1 aliphatic rings. The molecule has 0 saturated heterocycles. The minimum Gasteiger partial charge on any atom is -0.508 e. The molecule has 2 N–H and O–H groups in total. The smallest absolute Gasteiger partial charge is 0.309 e. The first-order valence-corrected chi connectivity index (χ1v) is 5.96. The summed E-state index contributed by atoms with van der Waals surface area (Å²) in [5.74, 6) is -0.269. The van der Waals surface area contributed by atoms with Gasteiger partial charge in [-0.05, 0) is 56.2 Å². The van der Waals surface area contributed by atoms with Crippen molar-refractivity contribution in [3.05, 3.63) is 29.3 Å². The summed E-state index contributed by atoms with van der Waals surface area (Å²) in [5, 5.41) is 19.0. The van der Waals surface area contributed by atoms with E-state index in [9.17, 15) is 15.0 Å². The number of aromatic hydroxyl groups is 1. The van der Waals surface area contributed by atoms with E-state index in [1.807, 2.05) is 12.1 Å². The van der Waals surface area contributed by atoms with Gasteiger partial charge in [-0.2, -0.15) is 0 Å². The van der Waals surface area contributed by atoms with Crippen molar-refractivity contribution in [2.24, 2.45) is 11.3 Å². The maximum absolute atomic E-state index is 11.2. The van der Waals surface area contributed by atoms with Crippen molar-refractivity contribution in [2.75, 3.05) is 0 Å². The van der Waals surface area contributed by atoms with Gasteiger partial charge in [-0.15, -0.1) is 0 Å². The van der Waals surface area contributed by atoms with Crippen LogP contribution >= 0.6 is 0 Å². The van der Waals surface area contributed by atoms with Crippen molar-refractivity contribution in [1.82, 2.24) is 0 Å². The van der Waals surface area contributed by atoms with E-state index >= 15 is 0 Å². The van der Waals surface area contributed by atoms with Crippen LogP contribution in [0.1, 0.15) is 31.4 Å². The first-order chi connectivity index (χ1) is 7.93. The van der Waals surface area contributed by atoms with Crippen molar-refractivity contribution in [3.8, 4) is 5.75 Å². The lowest BCUT2D eigenvalue weighted by Crippen LogP contribution is -2.36. The molecule has 1 aromatic rings. The summed E-state index contributed by atoms with van der Waals surface area (Å²) in [5.41, 5.74) is 1.38. The number of carboxylic acids is 1. The minimum absolute atomic E-state index is 0.134. The van der Waals surface area contributed by atoms with Gasteiger partial charge in [-0.25, -0.2) is 0 Å². The molecule has 92 valence electrons. The molecule has 2 rings (SSSR count). The summed E-state index contributed by atoms with van der Waals surface area (Å²) >= 11 is 0. The van der Waals surface area contributed by atoms with E-state index in [0.717, 1.165) is 30.4 Å². The lowest BCUT2D eigenvalue weighted by Gasteiger charge is -2.34. The van der Waals surface area contributed by atoms with E-state index in [0.29, 0.717) is 5.75 Å². The van der Waals surface area contributed by atoms with Crippen LogP contribution in [0.5, 0.6) is 5.75 Å². The molecule has 1 aromatic carbocycles. The number of fused-ring (bicyclic) bond motifs is 1. The molecule has 0 saturated carbocycles. The third kappa shape index (κ3) is 2.02. The second-order valence-electron chi connectivity index (χ2n) is 5.38. The van der Waals surface area contributed by atoms with Crippen LogP contribution in [0.3, 0.4) is 0 Å². The zero-order valence-electron chi connectivity index (χ0n) is 10.2. The monoisotopic (exact) mass is 234 g/mol. The average molecular weight is 234 g/mol. The third-order valence-electron chi connectivity index (χ3n) is 4.03. The first-order valence-electron chi connectivity index (χ1n) is 5.96. The minimum atomic E-state index is -0.744. The Kier molecular flexibility index (Phi) is 2.86. The molecular formula is C14H18O3. The molecule has 0 heterocycles. The van der Waals surface area contributed by atoms with E-state index in [4.69, 9.17) is 0 Å². The van der Waals surface area contributed by atoms with Gasteiger partial charge >= 0.3 is 5.97 Å². The molecule has 3 heteroatoms. The van der Waals surface area contributed by atoms with Crippen molar-refractivity contribution < 1.29 is 15.0 Å². The fourth-order valence-electron chi connectivity index (χ4n) is 2.58. The van der Waals surface area contributed by atoms with Gasteiger partial charge < -0.3 is 10.2 Å². The highest BCUT2D eigenvalue weighted by Crippen LogP contribution is 2.39. The predicted molar refractivity (Wildman–Crippen MR) is 65.0 cm³/mol. The fraction of sp³-hybridized carbons (Fsp3) is 0.500. The Morgan fingerprint density at radius 1 is 1.41 bits per heavy atom. The SMILES string of the molecule is CC(C)(C(=O)O)C1CCc2c(O)cccc2C1. The summed E-state index contributed by atoms with van der Waals surface area (Å²) in [6.07, 6.45) is 2.33. The Morgan fingerprint density at radius 2 is 2.12 bits per heavy atom. The van der Waals surface area contributed by atoms with Gasteiger partial charge in [0.25, 0.3) is 0 Å². The molecule has 0 fully saturated rings. The lowest BCUT2D eigenvalue weighted by molar-refractivity contribution is -0.150. The normalized spacial score (nSPS) is 19.8. The van der Waals surface area contributed by atoms with E-state index in [2.05, 4.69) is 0 Å².